The molecule has 1 aliphatic heterocycles. The van der Waals surface area contributed by atoms with Gasteiger partial charge in [-0.05, 0) is 5.41 Å². The number of likely N-dealkylation sites (tertiary alicyclic amines) is 1. The number of likely N-dealkylation sites (N-methyl/N-ethyl adjacent to an activating group) is 1. The molecule has 0 aromatic rings. The minimum absolute atomic E-state index is 0.142. The van der Waals surface area contributed by atoms with Crippen molar-refractivity contribution in [2.24, 2.45) is 5.41 Å². The van der Waals surface area contributed by atoms with Crippen molar-refractivity contribution in [3.8, 4) is 0 Å². The number of β-amino-alcohol motifs (C(OH)–C–C–N with tert-alkyl or cyclic N) is 1. The zero-order valence-electron chi connectivity index (χ0n) is 7.51. The smallest absolute Gasteiger partial charge is 0.137 e. The van der Waals surface area contributed by atoms with Crippen LogP contribution in [0.15, 0.2) is 0 Å². The molecule has 2 nitrogen and oxygen atoms in total. The number of aliphatic hydroxyl groups is 1. The molecule has 0 amide bonds. The van der Waals surface area contributed by atoms with Crippen LogP contribution in [0.5, 0.6) is 0 Å². The fourth-order valence-corrected chi connectivity index (χ4v) is 1.70. The van der Waals surface area contributed by atoms with Crippen LogP contribution in [0.4, 0.5) is 0 Å². The largest absolute Gasteiger partial charge is 0.380 e. The van der Waals surface area contributed by atoms with Crippen molar-refractivity contribution < 1.29 is 5.11 Å². The van der Waals surface area contributed by atoms with E-state index in [1.165, 1.54) is 0 Å². The maximum atomic E-state index is 10.0. The highest BCUT2D eigenvalue weighted by Gasteiger charge is 2.53. The second-order valence-corrected chi connectivity index (χ2v) is 4.66. The van der Waals surface area contributed by atoms with E-state index in [4.69, 9.17) is 12.2 Å². The molecule has 1 atom stereocenters. The zero-order chi connectivity index (χ0) is 8.86. The van der Waals surface area contributed by atoms with Crippen LogP contribution in [0.25, 0.3) is 0 Å². The van der Waals surface area contributed by atoms with Crippen LogP contribution in [0.3, 0.4) is 0 Å². The monoisotopic (exact) mass is 173 g/mol. The summed E-state index contributed by atoms with van der Waals surface area (Å²) in [4.78, 5) is 2.57. The van der Waals surface area contributed by atoms with Gasteiger partial charge in [0.1, 0.15) is 10.6 Å². The highest BCUT2D eigenvalue weighted by atomic mass is 32.1. The number of nitrogens with zero attached hydrogens (tertiary/aromatic N) is 1. The van der Waals surface area contributed by atoms with Gasteiger partial charge in [-0.15, -0.1) is 0 Å². The second kappa shape index (κ2) is 2.17. The van der Waals surface area contributed by atoms with Gasteiger partial charge in [-0.3, -0.25) is 0 Å². The van der Waals surface area contributed by atoms with Gasteiger partial charge in [0, 0.05) is 7.05 Å². The lowest BCUT2D eigenvalue weighted by Gasteiger charge is -2.53. The minimum Gasteiger partial charge on any atom is -0.380 e. The van der Waals surface area contributed by atoms with E-state index in [2.05, 4.69) is 0 Å². The third-order valence-electron chi connectivity index (χ3n) is 2.41. The Bertz CT molecular complexity index is 197. The molecule has 1 fully saturated rings. The van der Waals surface area contributed by atoms with Gasteiger partial charge in [-0.2, -0.15) is 0 Å². The minimum atomic E-state index is -0.753. The van der Waals surface area contributed by atoms with Crippen molar-refractivity contribution in [3.63, 3.8) is 0 Å². The SMILES string of the molecule is CN1CC(O)(C(C)(C)C)C1=S. The van der Waals surface area contributed by atoms with Gasteiger partial charge in [0.25, 0.3) is 0 Å². The van der Waals surface area contributed by atoms with Crippen LogP contribution in [0.2, 0.25) is 0 Å². The number of thiocarbonyl (C=S) groups is 1. The maximum Gasteiger partial charge on any atom is 0.137 e. The Hall–Kier alpha value is -0.150. The van der Waals surface area contributed by atoms with Crippen molar-refractivity contribution in [2.75, 3.05) is 13.6 Å². The molecule has 0 aromatic carbocycles. The van der Waals surface area contributed by atoms with Crippen LogP contribution in [-0.2, 0) is 0 Å². The number of rotatable bonds is 0. The van der Waals surface area contributed by atoms with Crippen LogP contribution >= 0.6 is 12.2 Å². The predicted molar refractivity (Wildman–Crippen MR) is 49.6 cm³/mol. The van der Waals surface area contributed by atoms with Gasteiger partial charge in [0.05, 0.1) is 6.54 Å². The lowest BCUT2D eigenvalue weighted by atomic mass is 9.71. The molecule has 0 radical (unpaired) electrons. The summed E-state index contributed by atoms with van der Waals surface area (Å²) in [6.07, 6.45) is 0. The maximum absolute atomic E-state index is 10.0. The van der Waals surface area contributed by atoms with Gasteiger partial charge in [-0.1, -0.05) is 33.0 Å². The first-order valence-electron chi connectivity index (χ1n) is 3.77. The average Bonchev–Trinajstić information content (AvgIpc) is 1.85. The first-order valence-corrected chi connectivity index (χ1v) is 4.18. The van der Waals surface area contributed by atoms with Crippen molar-refractivity contribution in [1.29, 1.82) is 0 Å². The topological polar surface area (TPSA) is 23.5 Å². The molecule has 1 saturated heterocycles. The molecule has 1 N–H and O–H groups in total. The molecule has 1 aliphatic rings. The summed E-state index contributed by atoms with van der Waals surface area (Å²) < 4.78 is 0. The summed E-state index contributed by atoms with van der Waals surface area (Å²) in [5, 5.41) is 10.0. The molecule has 0 spiro atoms. The summed E-state index contributed by atoms with van der Waals surface area (Å²) in [6, 6.07) is 0. The average molecular weight is 173 g/mol. The standard InChI is InChI=1S/C8H15NOS/c1-7(2,3)8(10)5-9(4)6(8)11/h10H,5H2,1-4H3. The van der Waals surface area contributed by atoms with Gasteiger partial charge in [0.2, 0.25) is 0 Å². The van der Waals surface area contributed by atoms with E-state index in [-0.39, 0.29) is 5.41 Å². The molecule has 1 heterocycles. The Kier molecular flexibility index (Phi) is 1.77. The predicted octanol–water partition coefficient (Wildman–Crippen LogP) is 1.04. The summed E-state index contributed by atoms with van der Waals surface area (Å²) in [6.45, 7) is 6.68. The van der Waals surface area contributed by atoms with E-state index >= 15 is 0 Å². The molecular formula is C8H15NOS. The van der Waals surface area contributed by atoms with E-state index in [9.17, 15) is 5.11 Å². The van der Waals surface area contributed by atoms with Gasteiger partial charge >= 0.3 is 0 Å². The Balaban J connectivity index is 2.81. The fourth-order valence-electron chi connectivity index (χ4n) is 1.27. The number of hydrogen-bond donors (Lipinski definition) is 1. The van der Waals surface area contributed by atoms with Crippen molar-refractivity contribution in [1.82, 2.24) is 4.90 Å². The van der Waals surface area contributed by atoms with E-state index in [0.717, 1.165) is 0 Å². The lowest BCUT2D eigenvalue weighted by molar-refractivity contribution is -0.0497. The molecule has 0 aliphatic carbocycles. The number of hydrogen-bond acceptors (Lipinski definition) is 2. The highest BCUT2D eigenvalue weighted by molar-refractivity contribution is 7.80. The van der Waals surface area contributed by atoms with E-state index in [0.29, 0.717) is 11.5 Å². The van der Waals surface area contributed by atoms with Crippen molar-refractivity contribution in [3.05, 3.63) is 0 Å². The third kappa shape index (κ3) is 1.07. The highest BCUT2D eigenvalue weighted by Crippen LogP contribution is 2.38. The normalized spacial score (nSPS) is 32.1. The van der Waals surface area contributed by atoms with Crippen LogP contribution in [0.1, 0.15) is 20.8 Å². The molecule has 1 rings (SSSR count). The molecule has 1 unspecified atom stereocenters. The Morgan fingerprint density at radius 1 is 1.55 bits per heavy atom. The second-order valence-electron chi connectivity index (χ2n) is 4.27. The van der Waals surface area contributed by atoms with E-state index < -0.39 is 5.60 Å². The first-order chi connectivity index (χ1) is 4.79. The quantitative estimate of drug-likeness (QED) is 0.554. The van der Waals surface area contributed by atoms with Gasteiger partial charge < -0.3 is 10.0 Å². The van der Waals surface area contributed by atoms with E-state index in [1.54, 1.807) is 0 Å². The Morgan fingerprint density at radius 3 is 2.09 bits per heavy atom. The lowest BCUT2D eigenvalue weighted by Crippen LogP contribution is -2.70. The summed E-state index contributed by atoms with van der Waals surface area (Å²) in [7, 11) is 1.91. The molecular weight excluding hydrogens is 158 g/mol. The van der Waals surface area contributed by atoms with Crippen LogP contribution in [-0.4, -0.2) is 34.2 Å². The van der Waals surface area contributed by atoms with E-state index in [1.807, 2.05) is 32.7 Å². The zero-order valence-corrected chi connectivity index (χ0v) is 8.33. The van der Waals surface area contributed by atoms with Gasteiger partial charge in [0.15, 0.2) is 0 Å². The third-order valence-corrected chi connectivity index (χ3v) is 3.06. The van der Waals surface area contributed by atoms with Crippen molar-refractivity contribution >= 4 is 17.2 Å². The van der Waals surface area contributed by atoms with Crippen LogP contribution < -0.4 is 0 Å². The first kappa shape index (κ1) is 8.94. The summed E-state index contributed by atoms with van der Waals surface area (Å²) in [5.41, 5.74) is -0.895. The molecule has 64 valence electrons. The molecule has 0 aromatic heterocycles. The molecule has 0 saturated carbocycles. The molecule has 0 bridgehead atoms. The summed E-state index contributed by atoms with van der Waals surface area (Å²) in [5.74, 6) is 0. The fraction of sp³-hybridized carbons (Fsp3) is 0.875. The van der Waals surface area contributed by atoms with Crippen LogP contribution in [0, 0.1) is 5.41 Å². The van der Waals surface area contributed by atoms with Gasteiger partial charge in [-0.25, -0.2) is 0 Å². The molecule has 3 heteroatoms. The Labute approximate surface area is 73.2 Å². The van der Waals surface area contributed by atoms with Crippen molar-refractivity contribution in [2.45, 2.75) is 26.4 Å². The molecule has 11 heavy (non-hydrogen) atoms. The Morgan fingerprint density at radius 2 is 2.00 bits per heavy atom. The summed E-state index contributed by atoms with van der Waals surface area (Å²) >= 11 is 5.07.